The van der Waals surface area contributed by atoms with Gasteiger partial charge in [-0.2, -0.15) is 5.10 Å². The lowest BCUT2D eigenvalue weighted by Crippen LogP contribution is -2.37. The second-order valence-corrected chi connectivity index (χ2v) is 5.54. The summed E-state index contributed by atoms with van der Waals surface area (Å²) in [6, 6.07) is 7.50. The maximum atomic E-state index is 13.4. The molecular formula is C16H21FN4O. The molecule has 1 amide bonds. The molecule has 6 heteroatoms. The van der Waals surface area contributed by atoms with E-state index in [1.54, 1.807) is 35.8 Å². The first kappa shape index (κ1) is 16.2. The van der Waals surface area contributed by atoms with Gasteiger partial charge in [0.2, 0.25) is 5.91 Å². The second kappa shape index (κ2) is 6.70. The minimum atomic E-state index is -0.537. The molecular weight excluding hydrogens is 283 g/mol. The summed E-state index contributed by atoms with van der Waals surface area (Å²) >= 11 is 0. The van der Waals surface area contributed by atoms with Crippen molar-refractivity contribution in [3.63, 3.8) is 0 Å². The van der Waals surface area contributed by atoms with Gasteiger partial charge >= 0.3 is 0 Å². The number of nitrogens with one attached hydrogen (secondary N) is 1. The van der Waals surface area contributed by atoms with E-state index in [9.17, 15) is 9.18 Å². The minimum Gasteiger partial charge on any atom is -0.349 e. The molecule has 1 aromatic heterocycles. The maximum Gasteiger partial charge on any atom is 0.242 e. The van der Waals surface area contributed by atoms with Gasteiger partial charge in [0.1, 0.15) is 11.9 Å². The van der Waals surface area contributed by atoms with E-state index < -0.39 is 6.04 Å². The molecule has 118 valence electrons. The average molecular weight is 304 g/mol. The van der Waals surface area contributed by atoms with E-state index in [-0.39, 0.29) is 11.7 Å². The number of benzene rings is 1. The highest BCUT2D eigenvalue weighted by atomic mass is 19.1. The van der Waals surface area contributed by atoms with Crippen LogP contribution in [0.3, 0.4) is 0 Å². The molecule has 0 fully saturated rings. The summed E-state index contributed by atoms with van der Waals surface area (Å²) in [5, 5.41) is 7.13. The van der Waals surface area contributed by atoms with Crippen molar-refractivity contribution in [2.75, 3.05) is 14.1 Å². The maximum absolute atomic E-state index is 13.4. The standard InChI is InChI=1S/C16H21FN4O/c1-11-8-14(21(4)19-11)10-18-16(22)15(20(2)3)12-6-5-7-13(17)9-12/h5-9,15H,10H2,1-4H3,(H,18,22)/t15-/m1/s1. The number of nitrogens with zero attached hydrogens (tertiary/aromatic N) is 3. The average Bonchev–Trinajstić information content (AvgIpc) is 2.74. The fraction of sp³-hybridized carbons (Fsp3) is 0.375. The van der Waals surface area contributed by atoms with Crippen LogP contribution in [0, 0.1) is 12.7 Å². The Morgan fingerprint density at radius 2 is 2.14 bits per heavy atom. The molecule has 0 saturated heterocycles. The van der Waals surface area contributed by atoms with E-state index in [1.807, 2.05) is 20.0 Å². The van der Waals surface area contributed by atoms with Gasteiger partial charge in [-0.1, -0.05) is 12.1 Å². The van der Waals surface area contributed by atoms with Gasteiger partial charge in [0, 0.05) is 7.05 Å². The smallest absolute Gasteiger partial charge is 0.242 e. The SMILES string of the molecule is Cc1cc(CNC(=O)[C@@H](c2cccc(F)c2)N(C)C)n(C)n1. The molecule has 0 bridgehead atoms. The Kier molecular flexibility index (Phi) is 4.92. The van der Waals surface area contributed by atoms with Crippen LogP contribution in [0.15, 0.2) is 30.3 Å². The van der Waals surface area contributed by atoms with Crippen molar-refractivity contribution in [3.05, 3.63) is 53.1 Å². The third kappa shape index (κ3) is 3.71. The minimum absolute atomic E-state index is 0.172. The highest BCUT2D eigenvalue weighted by Crippen LogP contribution is 2.19. The normalized spacial score (nSPS) is 12.5. The molecule has 0 aliphatic carbocycles. The molecule has 1 heterocycles. The zero-order valence-electron chi connectivity index (χ0n) is 13.3. The molecule has 0 aliphatic heterocycles. The number of aromatic nitrogens is 2. The van der Waals surface area contributed by atoms with Gasteiger partial charge < -0.3 is 5.32 Å². The van der Waals surface area contributed by atoms with Gasteiger partial charge in [0.25, 0.3) is 0 Å². The van der Waals surface area contributed by atoms with Crippen molar-refractivity contribution >= 4 is 5.91 Å². The lowest BCUT2D eigenvalue weighted by molar-refractivity contribution is -0.126. The fourth-order valence-corrected chi connectivity index (χ4v) is 2.46. The molecule has 0 radical (unpaired) electrons. The van der Waals surface area contributed by atoms with Crippen molar-refractivity contribution in [1.29, 1.82) is 0 Å². The Labute approximate surface area is 129 Å². The topological polar surface area (TPSA) is 50.2 Å². The Balaban J connectivity index is 2.12. The highest BCUT2D eigenvalue weighted by molar-refractivity contribution is 5.83. The molecule has 5 nitrogen and oxygen atoms in total. The van der Waals surface area contributed by atoms with Crippen LogP contribution >= 0.6 is 0 Å². The Bertz CT molecular complexity index is 666. The van der Waals surface area contributed by atoms with Crippen molar-refractivity contribution in [2.24, 2.45) is 7.05 Å². The largest absolute Gasteiger partial charge is 0.349 e. The number of aryl methyl sites for hydroxylation is 2. The third-order valence-electron chi connectivity index (χ3n) is 3.47. The summed E-state index contributed by atoms with van der Waals surface area (Å²) in [5.41, 5.74) is 2.45. The second-order valence-electron chi connectivity index (χ2n) is 5.54. The van der Waals surface area contributed by atoms with Gasteiger partial charge in [-0.05, 0) is 44.8 Å². The fourth-order valence-electron chi connectivity index (χ4n) is 2.46. The number of hydrogen-bond acceptors (Lipinski definition) is 3. The van der Waals surface area contributed by atoms with Crippen LogP contribution in [0.25, 0.3) is 0 Å². The van der Waals surface area contributed by atoms with E-state index in [0.717, 1.165) is 11.4 Å². The van der Waals surface area contributed by atoms with Crippen LogP contribution in [-0.4, -0.2) is 34.7 Å². The van der Waals surface area contributed by atoms with E-state index >= 15 is 0 Å². The van der Waals surface area contributed by atoms with Crippen molar-refractivity contribution in [1.82, 2.24) is 20.0 Å². The summed E-state index contributed by atoms with van der Waals surface area (Å²) < 4.78 is 15.1. The molecule has 1 N–H and O–H groups in total. The number of amides is 1. The van der Waals surface area contributed by atoms with Crippen molar-refractivity contribution in [2.45, 2.75) is 19.5 Å². The summed E-state index contributed by atoms with van der Waals surface area (Å²) in [7, 11) is 5.43. The van der Waals surface area contributed by atoms with E-state index in [0.29, 0.717) is 12.1 Å². The first-order valence-corrected chi connectivity index (χ1v) is 7.07. The van der Waals surface area contributed by atoms with Gasteiger partial charge in [0.05, 0.1) is 17.9 Å². The zero-order valence-corrected chi connectivity index (χ0v) is 13.3. The molecule has 0 aliphatic rings. The van der Waals surface area contributed by atoms with E-state index in [2.05, 4.69) is 10.4 Å². The molecule has 1 atom stereocenters. The Morgan fingerprint density at radius 1 is 1.41 bits per heavy atom. The van der Waals surface area contributed by atoms with Crippen LogP contribution in [0.2, 0.25) is 0 Å². The van der Waals surface area contributed by atoms with E-state index in [4.69, 9.17) is 0 Å². The van der Waals surface area contributed by atoms with Gasteiger partial charge in [-0.25, -0.2) is 4.39 Å². The highest BCUT2D eigenvalue weighted by Gasteiger charge is 2.23. The van der Waals surface area contributed by atoms with Gasteiger partial charge in [0.15, 0.2) is 0 Å². The summed E-state index contributed by atoms with van der Waals surface area (Å²) in [4.78, 5) is 14.2. The molecule has 1 aromatic carbocycles. The lowest BCUT2D eigenvalue weighted by atomic mass is 10.1. The van der Waals surface area contributed by atoms with Crippen LogP contribution in [0.4, 0.5) is 4.39 Å². The number of carbonyl (C=O) groups is 1. The summed E-state index contributed by atoms with van der Waals surface area (Å²) in [6.45, 7) is 2.29. The van der Waals surface area contributed by atoms with Crippen LogP contribution < -0.4 is 5.32 Å². The van der Waals surface area contributed by atoms with Crippen LogP contribution in [-0.2, 0) is 18.4 Å². The zero-order chi connectivity index (χ0) is 16.3. The summed E-state index contributed by atoms with van der Waals surface area (Å²) in [6.07, 6.45) is 0. The molecule has 0 unspecified atom stereocenters. The Hall–Kier alpha value is -2.21. The number of likely N-dealkylation sites (N-methyl/N-ethyl adjacent to an activating group) is 1. The van der Waals surface area contributed by atoms with E-state index in [1.165, 1.54) is 12.1 Å². The van der Waals surface area contributed by atoms with Crippen LogP contribution in [0.5, 0.6) is 0 Å². The predicted octanol–water partition coefficient (Wildman–Crippen LogP) is 1.79. The molecule has 0 saturated carbocycles. The van der Waals surface area contributed by atoms with Gasteiger partial charge in [-0.15, -0.1) is 0 Å². The van der Waals surface area contributed by atoms with Gasteiger partial charge in [-0.3, -0.25) is 14.4 Å². The third-order valence-corrected chi connectivity index (χ3v) is 3.47. The molecule has 22 heavy (non-hydrogen) atoms. The quantitative estimate of drug-likeness (QED) is 0.916. The molecule has 0 spiro atoms. The number of hydrogen-bond donors (Lipinski definition) is 1. The number of halogens is 1. The van der Waals surface area contributed by atoms with Crippen LogP contribution in [0.1, 0.15) is 23.0 Å². The monoisotopic (exact) mass is 304 g/mol. The number of carbonyl (C=O) groups excluding carboxylic acids is 1. The lowest BCUT2D eigenvalue weighted by Gasteiger charge is -2.23. The first-order valence-electron chi connectivity index (χ1n) is 7.07. The number of rotatable bonds is 5. The molecule has 2 rings (SSSR count). The first-order chi connectivity index (χ1) is 10.4. The predicted molar refractivity (Wildman–Crippen MR) is 82.6 cm³/mol. The summed E-state index contributed by atoms with van der Waals surface area (Å²) in [5.74, 6) is -0.520. The molecule has 2 aromatic rings. The van der Waals surface area contributed by atoms with Crippen molar-refractivity contribution < 1.29 is 9.18 Å². The van der Waals surface area contributed by atoms with Crippen molar-refractivity contribution in [3.8, 4) is 0 Å². The Morgan fingerprint density at radius 3 is 2.68 bits per heavy atom.